The molecule has 2 rings (SSSR count). The van der Waals surface area contributed by atoms with Crippen molar-refractivity contribution in [2.45, 2.75) is 19.8 Å². The number of ether oxygens (including phenoxy) is 1. The van der Waals surface area contributed by atoms with Crippen LogP contribution in [0.25, 0.3) is 0 Å². The van der Waals surface area contributed by atoms with Crippen molar-refractivity contribution in [2.75, 3.05) is 24.7 Å². The molecule has 1 amide bonds. The van der Waals surface area contributed by atoms with Crippen LogP contribution in [-0.4, -0.2) is 30.8 Å². The molecule has 1 aromatic carbocycles. The third kappa shape index (κ3) is 2.42. The van der Waals surface area contributed by atoms with Gasteiger partial charge in [0.05, 0.1) is 6.61 Å². The Morgan fingerprint density at radius 3 is 2.82 bits per heavy atom. The molecule has 0 bridgehead atoms. The van der Waals surface area contributed by atoms with E-state index in [9.17, 15) is 9.90 Å². The second kappa shape index (κ2) is 4.75. The Labute approximate surface area is 101 Å². The van der Waals surface area contributed by atoms with Crippen molar-refractivity contribution in [3.8, 4) is 5.75 Å². The average molecular weight is 235 g/mol. The van der Waals surface area contributed by atoms with Crippen molar-refractivity contribution < 1.29 is 14.6 Å². The molecule has 0 unspecified atom stereocenters. The number of nitrogens with zero attached hydrogens (tertiary/aromatic N) is 1. The molecule has 1 aromatic rings. The predicted octanol–water partition coefficient (Wildman–Crippen LogP) is 1.88. The number of rotatable bonds is 2. The van der Waals surface area contributed by atoms with Gasteiger partial charge in [-0.1, -0.05) is 13.8 Å². The van der Waals surface area contributed by atoms with Crippen LogP contribution in [0.1, 0.15) is 25.3 Å². The summed E-state index contributed by atoms with van der Waals surface area (Å²) in [6, 6.07) is 5.29. The molecular formula is C13H17NO3. The van der Waals surface area contributed by atoms with Crippen LogP contribution in [0, 0.1) is 0 Å². The molecule has 4 nitrogen and oxygen atoms in total. The van der Waals surface area contributed by atoms with E-state index in [0.717, 1.165) is 11.3 Å². The first kappa shape index (κ1) is 11.9. The molecule has 0 atom stereocenters. The molecule has 0 radical (unpaired) electrons. The zero-order chi connectivity index (χ0) is 12.4. The van der Waals surface area contributed by atoms with E-state index in [-0.39, 0.29) is 24.2 Å². The van der Waals surface area contributed by atoms with E-state index in [2.05, 4.69) is 0 Å². The molecular weight excluding hydrogens is 218 g/mol. The highest BCUT2D eigenvalue weighted by molar-refractivity contribution is 5.95. The molecule has 4 heteroatoms. The molecule has 1 fully saturated rings. The van der Waals surface area contributed by atoms with Crippen molar-refractivity contribution in [3.63, 3.8) is 0 Å². The van der Waals surface area contributed by atoms with Crippen molar-refractivity contribution >= 4 is 11.6 Å². The SMILES string of the molecule is CC(C)c1cc(N2CCOCC2=O)ccc1O. The lowest BCUT2D eigenvalue weighted by atomic mass is 10.0. The van der Waals surface area contributed by atoms with Crippen LogP contribution in [0.2, 0.25) is 0 Å². The zero-order valence-corrected chi connectivity index (χ0v) is 10.1. The van der Waals surface area contributed by atoms with E-state index in [0.29, 0.717) is 13.2 Å². The lowest BCUT2D eigenvalue weighted by Gasteiger charge is -2.27. The molecule has 0 aromatic heterocycles. The highest BCUT2D eigenvalue weighted by Gasteiger charge is 2.21. The maximum Gasteiger partial charge on any atom is 0.253 e. The largest absolute Gasteiger partial charge is 0.508 e. The summed E-state index contributed by atoms with van der Waals surface area (Å²) in [7, 11) is 0. The first-order valence-corrected chi connectivity index (χ1v) is 5.80. The number of phenolic OH excluding ortho intramolecular Hbond substituents is 1. The van der Waals surface area contributed by atoms with Gasteiger partial charge in [0, 0.05) is 12.2 Å². The summed E-state index contributed by atoms with van der Waals surface area (Å²) in [5, 5.41) is 9.74. The molecule has 1 saturated heterocycles. The third-order valence-electron chi connectivity index (χ3n) is 2.93. The Balaban J connectivity index is 2.32. The summed E-state index contributed by atoms with van der Waals surface area (Å²) in [4.78, 5) is 13.4. The van der Waals surface area contributed by atoms with Gasteiger partial charge in [-0.15, -0.1) is 0 Å². The van der Waals surface area contributed by atoms with Gasteiger partial charge in [0.25, 0.3) is 5.91 Å². The van der Waals surface area contributed by atoms with Crippen molar-refractivity contribution in [1.82, 2.24) is 0 Å². The summed E-state index contributed by atoms with van der Waals surface area (Å²) in [6.07, 6.45) is 0. The standard InChI is InChI=1S/C13H17NO3/c1-9(2)11-7-10(3-4-12(11)15)14-5-6-17-8-13(14)16/h3-4,7,9,15H,5-6,8H2,1-2H3. The van der Waals surface area contributed by atoms with Gasteiger partial charge in [0.1, 0.15) is 12.4 Å². The summed E-state index contributed by atoms with van der Waals surface area (Å²) in [6.45, 7) is 5.29. The van der Waals surface area contributed by atoms with Crippen molar-refractivity contribution in [1.29, 1.82) is 0 Å². The van der Waals surface area contributed by atoms with E-state index >= 15 is 0 Å². The summed E-state index contributed by atoms with van der Waals surface area (Å²) in [5.41, 5.74) is 1.70. The molecule has 92 valence electrons. The molecule has 1 heterocycles. The number of carbonyl (C=O) groups excluding carboxylic acids is 1. The Kier molecular flexibility index (Phi) is 3.33. The van der Waals surface area contributed by atoms with Gasteiger partial charge < -0.3 is 14.7 Å². The monoisotopic (exact) mass is 235 g/mol. The molecule has 0 saturated carbocycles. The van der Waals surface area contributed by atoms with E-state index in [1.807, 2.05) is 19.9 Å². The first-order valence-electron chi connectivity index (χ1n) is 5.80. The fourth-order valence-electron chi connectivity index (χ4n) is 1.96. The number of phenols is 1. The van der Waals surface area contributed by atoms with Gasteiger partial charge >= 0.3 is 0 Å². The average Bonchev–Trinajstić information content (AvgIpc) is 2.30. The third-order valence-corrected chi connectivity index (χ3v) is 2.93. The number of carbonyl (C=O) groups is 1. The normalized spacial score (nSPS) is 16.6. The molecule has 1 N–H and O–H groups in total. The molecule has 0 aliphatic carbocycles. The van der Waals surface area contributed by atoms with E-state index in [1.54, 1.807) is 17.0 Å². The highest BCUT2D eigenvalue weighted by atomic mass is 16.5. The van der Waals surface area contributed by atoms with Gasteiger partial charge in [0.15, 0.2) is 0 Å². The summed E-state index contributed by atoms with van der Waals surface area (Å²) in [5.74, 6) is 0.479. The highest BCUT2D eigenvalue weighted by Crippen LogP contribution is 2.30. The van der Waals surface area contributed by atoms with Crippen LogP contribution in [-0.2, 0) is 9.53 Å². The Bertz CT molecular complexity index is 429. The Morgan fingerprint density at radius 1 is 1.41 bits per heavy atom. The maximum absolute atomic E-state index is 11.7. The second-order valence-electron chi connectivity index (χ2n) is 4.50. The number of hydrogen-bond donors (Lipinski definition) is 1. The second-order valence-corrected chi connectivity index (χ2v) is 4.50. The fraction of sp³-hybridized carbons (Fsp3) is 0.462. The van der Waals surface area contributed by atoms with Crippen LogP contribution < -0.4 is 4.90 Å². The molecule has 1 aliphatic rings. The van der Waals surface area contributed by atoms with Crippen molar-refractivity contribution in [2.24, 2.45) is 0 Å². The number of aromatic hydroxyl groups is 1. The quantitative estimate of drug-likeness (QED) is 0.851. The number of benzene rings is 1. The minimum absolute atomic E-state index is 0.0309. The molecule has 1 aliphatic heterocycles. The number of anilines is 1. The Morgan fingerprint density at radius 2 is 2.18 bits per heavy atom. The van der Waals surface area contributed by atoms with Crippen LogP contribution in [0.4, 0.5) is 5.69 Å². The summed E-state index contributed by atoms with van der Waals surface area (Å²) < 4.78 is 5.09. The van der Waals surface area contributed by atoms with E-state index in [1.165, 1.54) is 0 Å². The van der Waals surface area contributed by atoms with E-state index < -0.39 is 0 Å². The molecule has 17 heavy (non-hydrogen) atoms. The van der Waals surface area contributed by atoms with Gasteiger partial charge in [-0.25, -0.2) is 0 Å². The fourth-order valence-corrected chi connectivity index (χ4v) is 1.96. The lowest BCUT2D eigenvalue weighted by Crippen LogP contribution is -2.41. The van der Waals surface area contributed by atoms with Crippen molar-refractivity contribution in [3.05, 3.63) is 23.8 Å². The topological polar surface area (TPSA) is 49.8 Å². The van der Waals surface area contributed by atoms with Gasteiger partial charge in [-0.3, -0.25) is 4.79 Å². The van der Waals surface area contributed by atoms with Crippen LogP contribution in [0.15, 0.2) is 18.2 Å². The number of amides is 1. The minimum atomic E-state index is -0.0309. The lowest BCUT2D eigenvalue weighted by molar-refractivity contribution is -0.125. The summed E-state index contributed by atoms with van der Waals surface area (Å²) >= 11 is 0. The van der Waals surface area contributed by atoms with Crippen LogP contribution in [0.3, 0.4) is 0 Å². The maximum atomic E-state index is 11.7. The van der Waals surface area contributed by atoms with E-state index in [4.69, 9.17) is 4.74 Å². The van der Waals surface area contributed by atoms with Gasteiger partial charge in [-0.2, -0.15) is 0 Å². The molecule has 0 spiro atoms. The zero-order valence-electron chi connectivity index (χ0n) is 10.1. The minimum Gasteiger partial charge on any atom is -0.508 e. The first-order chi connectivity index (χ1) is 8.09. The smallest absolute Gasteiger partial charge is 0.253 e. The number of hydrogen-bond acceptors (Lipinski definition) is 3. The predicted molar refractivity (Wildman–Crippen MR) is 65.4 cm³/mol. The van der Waals surface area contributed by atoms with Crippen LogP contribution >= 0.6 is 0 Å². The van der Waals surface area contributed by atoms with Crippen LogP contribution in [0.5, 0.6) is 5.75 Å². The number of morpholine rings is 1. The van der Waals surface area contributed by atoms with Gasteiger partial charge in [0.2, 0.25) is 0 Å². The Hall–Kier alpha value is -1.55. The van der Waals surface area contributed by atoms with Gasteiger partial charge in [-0.05, 0) is 29.7 Å².